The third kappa shape index (κ3) is 2.85. The Labute approximate surface area is 116 Å². The van der Waals surface area contributed by atoms with Gasteiger partial charge in [-0.2, -0.15) is 20.1 Å². The van der Waals surface area contributed by atoms with E-state index in [0.29, 0.717) is 23.9 Å². The number of rotatable bonds is 4. The minimum Gasteiger partial charge on any atom is -0.381 e. The van der Waals surface area contributed by atoms with Crippen LogP contribution in [-0.4, -0.2) is 51.0 Å². The highest BCUT2D eigenvalue weighted by atomic mass is 16.5. The molecule has 8 heteroatoms. The van der Waals surface area contributed by atoms with Gasteiger partial charge in [0.15, 0.2) is 0 Å². The molecule has 0 unspecified atom stereocenters. The molecule has 20 heavy (non-hydrogen) atoms. The van der Waals surface area contributed by atoms with Gasteiger partial charge < -0.3 is 15.4 Å². The maximum atomic E-state index is 5.35. The molecule has 8 nitrogen and oxygen atoms in total. The lowest BCUT2D eigenvalue weighted by Gasteiger charge is -2.23. The average Bonchev–Trinajstić information content (AvgIpc) is 3.02. The summed E-state index contributed by atoms with van der Waals surface area (Å²) in [5.74, 6) is 1.56. The number of hydrogen-bond donors (Lipinski definition) is 2. The van der Waals surface area contributed by atoms with Crippen LogP contribution in [-0.2, 0) is 4.74 Å². The fraction of sp³-hybridized carbons (Fsp3) is 0.500. The molecule has 0 bridgehead atoms. The van der Waals surface area contributed by atoms with Crippen molar-refractivity contribution in [3.8, 4) is 5.95 Å². The maximum Gasteiger partial charge on any atom is 0.257 e. The zero-order valence-electron chi connectivity index (χ0n) is 11.3. The summed E-state index contributed by atoms with van der Waals surface area (Å²) in [6.07, 6.45) is 5.40. The zero-order valence-corrected chi connectivity index (χ0v) is 11.3. The van der Waals surface area contributed by atoms with Crippen LogP contribution in [0, 0.1) is 0 Å². The average molecular weight is 275 g/mol. The number of hydrogen-bond acceptors (Lipinski definition) is 7. The molecule has 1 saturated heterocycles. The quantitative estimate of drug-likeness (QED) is 0.848. The fourth-order valence-corrected chi connectivity index (χ4v) is 2.06. The van der Waals surface area contributed by atoms with Crippen LogP contribution < -0.4 is 10.6 Å². The van der Waals surface area contributed by atoms with E-state index in [1.807, 2.05) is 6.07 Å². The monoisotopic (exact) mass is 275 g/mol. The normalized spacial score (nSPS) is 16.1. The molecule has 1 aliphatic rings. The van der Waals surface area contributed by atoms with Crippen LogP contribution >= 0.6 is 0 Å². The molecule has 0 radical (unpaired) electrons. The Kier molecular flexibility index (Phi) is 3.73. The van der Waals surface area contributed by atoms with Gasteiger partial charge in [0.05, 0.1) is 0 Å². The van der Waals surface area contributed by atoms with E-state index in [1.165, 1.54) is 0 Å². The Morgan fingerprint density at radius 1 is 1.20 bits per heavy atom. The summed E-state index contributed by atoms with van der Waals surface area (Å²) in [5.41, 5.74) is 0. The molecule has 1 fully saturated rings. The predicted molar refractivity (Wildman–Crippen MR) is 74.0 cm³/mol. The molecule has 0 spiro atoms. The van der Waals surface area contributed by atoms with Gasteiger partial charge in [-0.25, -0.2) is 4.68 Å². The summed E-state index contributed by atoms with van der Waals surface area (Å²) in [6.45, 7) is 1.54. The summed E-state index contributed by atoms with van der Waals surface area (Å²) in [7, 11) is 1.78. The molecule has 106 valence electrons. The third-order valence-electron chi connectivity index (χ3n) is 3.11. The van der Waals surface area contributed by atoms with Crippen molar-refractivity contribution in [2.75, 3.05) is 30.9 Å². The highest BCUT2D eigenvalue weighted by Gasteiger charge is 2.16. The van der Waals surface area contributed by atoms with E-state index in [9.17, 15) is 0 Å². The minimum absolute atomic E-state index is 0.335. The second-order valence-electron chi connectivity index (χ2n) is 4.51. The second kappa shape index (κ2) is 5.83. The third-order valence-corrected chi connectivity index (χ3v) is 3.11. The summed E-state index contributed by atoms with van der Waals surface area (Å²) in [6, 6.07) is 2.16. The van der Waals surface area contributed by atoms with E-state index in [-0.39, 0.29) is 0 Å². The minimum atomic E-state index is 0.335. The van der Waals surface area contributed by atoms with Gasteiger partial charge in [0, 0.05) is 38.7 Å². The van der Waals surface area contributed by atoms with Gasteiger partial charge in [0.2, 0.25) is 11.9 Å². The van der Waals surface area contributed by atoms with Crippen LogP contribution in [0.2, 0.25) is 0 Å². The van der Waals surface area contributed by atoms with Crippen molar-refractivity contribution in [2.45, 2.75) is 18.9 Å². The molecule has 3 heterocycles. The number of anilines is 2. The lowest BCUT2D eigenvalue weighted by atomic mass is 10.1. The summed E-state index contributed by atoms with van der Waals surface area (Å²) < 4.78 is 6.95. The SMILES string of the molecule is CNc1nc(NC2CCOCC2)nc(-n2cccn2)n1. The second-order valence-corrected chi connectivity index (χ2v) is 4.51. The molecule has 2 aromatic heterocycles. The first-order valence-corrected chi connectivity index (χ1v) is 6.63. The van der Waals surface area contributed by atoms with Crippen LogP contribution in [0.4, 0.5) is 11.9 Å². The first-order valence-electron chi connectivity index (χ1n) is 6.63. The molecular weight excluding hydrogens is 258 g/mol. The fourth-order valence-electron chi connectivity index (χ4n) is 2.06. The Balaban J connectivity index is 1.84. The number of nitrogens with zero attached hydrogens (tertiary/aromatic N) is 5. The smallest absolute Gasteiger partial charge is 0.257 e. The van der Waals surface area contributed by atoms with Crippen molar-refractivity contribution in [1.29, 1.82) is 0 Å². The molecule has 0 aliphatic carbocycles. The maximum absolute atomic E-state index is 5.35. The number of nitrogens with one attached hydrogen (secondary N) is 2. The number of ether oxygens (including phenoxy) is 1. The summed E-state index contributed by atoms with van der Waals surface area (Å²) in [4.78, 5) is 13.0. The van der Waals surface area contributed by atoms with Gasteiger partial charge in [-0.3, -0.25) is 0 Å². The van der Waals surface area contributed by atoms with Crippen molar-refractivity contribution >= 4 is 11.9 Å². The lowest BCUT2D eigenvalue weighted by Crippen LogP contribution is -2.29. The Morgan fingerprint density at radius 2 is 2.00 bits per heavy atom. The number of aromatic nitrogens is 5. The van der Waals surface area contributed by atoms with E-state index >= 15 is 0 Å². The largest absolute Gasteiger partial charge is 0.381 e. The first-order chi connectivity index (χ1) is 9.85. The van der Waals surface area contributed by atoms with Crippen molar-refractivity contribution in [2.24, 2.45) is 0 Å². The highest BCUT2D eigenvalue weighted by Crippen LogP contribution is 2.14. The summed E-state index contributed by atoms with van der Waals surface area (Å²) in [5, 5.41) is 10.4. The van der Waals surface area contributed by atoms with E-state index in [0.717, 1.165) is 26.1 Å². The van der Waals surface area contributed by atoms with Crippen LogP contribution in [0.25, 0.3) is 5.95 Å². The van der Waals surface area contributed by atoms with Crippen LogP contribution in [0.1, 0.15) is 12.8 Å². The molecular formula is C12H17N7O. The van der Waals surface area contributed by atoms with Crippen molar-refractivity contribution in [3.63, 3.8) is 0 Å². The molecule has 0 saturated carbocycles. The van der Waals surface area contributed by atoms with E-state index < -0.39 is 0 Å². The highest BCUT2D eigenvalue weighted by molar-refractivity contribution is 5.38. The van der Waals surface area contributed by atoms with Gasteiger partial charge in [-0.15, -0.1) is 0 Å². The predicted octanol–water partition coefficient (Wildman–Crippen LogP) is 0.690. The van der Waals surface area contributed by atoms with E-state index in [1.54, 1.807) is 24.1 Å². The topological polar surface area (TPSA) is 89.8 Å². The van der Waals surface area contributed by atoms with Crippen LogP contribution in [0.3, 0.4) is 0 Å². The Bertz CT molecular complexity index is 551. The van der Waals surface area contributed by atoms with E-state index in [2.05, 4.69) is 30.7 Å². The van der Waals surface area contributed by atoms with Crippen molar-refractivity contribution in [3.05, 3.63) is 18.5 Å². The molecule has 3 rings (SSSR count). The van der Waals surface area contributed by atoms with Gasteiger partial charge in [0.1, 0.15) is 0 Å². The Hall–Kier alpha value is -2.22. The summed E-state index contributed by atoms with van der Waals surface area (Å²) >= 11 is 0. The van der Waals surface area contributed by atoms with Gasteiger partial charge in [-0.05, 0) is 18.9 Å². The van der Waals surface area contributed by atoms with Gasteiger partial charge in [0.25, 0.3) is 5.95 Å². The first kappa shape index (κ1) is 12.8. The zero-order chi connectivity index (χ0) is 13.8. The Morgan fingerprint density at radius 3 is 2.70 bits per heavy atom. The van der Waals surface area contributed by atoms with Gasteiger partial charge >= 0.3 is 0 Å². The molecule has 0 atom stereocenters. The molecule has 0 aromatic carbocycles. The van der Waals surface area contributed by atoms with Crippen LogP contribution in [0.15, 0.2) is 18.5 Å². The van der Waals surface area contributed by atoms with Crippen molar-refractivity contribution in [1.82, 2.24) is 24.7 Å². The molecule has 0 amide bonds. The van der Waals surface area contributed by atoms with Crippen molar-refractivity contribution < 1.29 is 4.74 Å². The molecule has 2 N–H and O–H groups in total. The lowest BCUT2D eigenvalue weighted by molar-refractivity contribution is 0.0903. The van der Waals surface area contributed by atoms with E-state index in [4.69, 9.17) is 4.74 Å². The molecule has 2 aromatic rings. The van der Waals surface area contributed by atoms with Crippen LogP contribution in [0.5, 0.6) is 0 Å². The standard InChI is InChI=1S/C12H17N7O/c1-13-10-16-11(15-9-3-7-20-8-4-9)18-12(17-10)19-6-2-5-14-19/h2,5-6,9H,3-4,7-8H2,1H3,(H2,13,15,16,17,18). The van der Waals surface area contributed by atoms with Gasteiger partial charge in [-0.1, -0.05) is 0 Å². The molecule has 1 aliphatic heterocycles.